The van der Waals surface area contributed by atoms with Crippen molar-refractivity contribution in [2.24, 2.45) is 4.99 Å². The third-order valence-electron chi connectivity index (χ3n) is 4.89. The van der Waals surface area contributed by atoms with Crippen LogP contribution in [0.1, 0.15) is 36.5 Å². The first-order valence-corrected chi connectivity index (χ1v) is 10.2. The summed E-state index contributed by atoms with van der Waals surface area (Å²) in [5, 5.41) is 10.2. The Balaban J connectivity index is 0.00000320. The van der Waals surface area contributed by atoms with Crippen molar-refractivity contribution in [3.05, 3.63) is 64.7 Å². The number of carbonyl (C=O) groups excluding carboxylic acids is 1. The lowest BCUT2D eigenvalue weighted by Gasteiger charge is -2.26. The molecule has 8 heteroatoms. The summed E-state index contributed by atoms with van der Waals surface area (Å²) in [5.74, 6) is 0.827. The van der Waals surface area contributed by atoms with Crippen LogP contribution in [-0.4, -0.2) is 38.6 Å². The minimum Gasteiger partial charge on any atom is -0.375 e. The third kappa shape index (κ3) is 6.58. The molecule has 0 fully saturated rings. The maximum Gasteiger partial charge on any atom is 0.225 e. The number of hydrogen-bond acceptors (Lipinski definition) is 3. The van der Waals surface area contributed by atoms with Crippen molar-refractivity contribution >= 4 is 53.1 Å². The average Bonchev–Trinajstić information content (AvgIpc) is 2.72. The molecule has 162 valence electrons. The van der Waals surface area contributed by atoms with Gasteiger partial charge in [0.2, 0.25) is 5.91 Å². The smallest absolute Gasteiger partial charge is 0.225 e. The monoisotopic (exact) mass is 542 g/mol. The highest BCUT2D eigenvalue weighted by atomic mass is 127. The Morgan fingerprint density at radius 2 is 2.07 bits per heavy atom. The molecule has 3 N–H and O–H groups in total. The van der Waals surface area contributed by atoms with Crippen molar-refractivity contribution in [2.75, 3.05) is 32.1 Å². The second kappa shape index (κ2) is 12.1. The Morgan fingerprint density at radius 1 is 1.27 bits per heavy atom. The summed E-state index contributed by atoms with van der Waals surface area (Å²) >= 11 is 6.10. The summed E-state index contributed by atoms with van der Waals surface area (Å²) < 4.78 is 5.60. The van der Waals surface area contributed by atoms with Crippen LogP contribution >= 0.6 is 35.6 Å². The number of aliphatic imine (C=N–C) groups is 1. The van der Waals surface area contributed by atoms with Crippen LogP contribution in [0, 0.1) is 0 Å². The average molecular weight is 543 g/mol. The van der Waals surface area contributed by atoms with Crippen molar-refractivity contribution in [1.82, 2.24) is 10.6 Å². The number of fused-ring (bicyclic) bond motifs is 1. The quantitative estimate of drug-likeness (QED) is 0.277. The van der Waals surface area contributed by atoms with E-state index in [2.05, 4.69) is 27.0 Å². The molecule has 6 nitrogen and oxygen atoms in total. The fraction of sp³-hybridized carbons (Fsp3) is 0.364. The molecule has 0 saturated carbocycles. The molecule has 1 amide bonds. The van der Waals surface area contributed by atoms with E-state index >= 15 is 0 Å². The molecule has 1 aliphatic rings. The van der Waals surface area contributed by atoms with Gasteiger partial charge in [0.25, 0.3) is 0 Å². The van der Waals surface area contributed by atoms with Gasteiger partial charge in [0, 0.05) is 43.2 Å². The number of ether oxygens (including phenoxy) is 1. The molecule has 0 aromatic heterocycles. The predicted octanol–water partition coefficient (Wildman–Crippen LogP) is 4.33. The summed E-state index contributed by atoms with van der Waals surface area (Å²) in [6.45, 7) is 3.83. The van der Waals surface area contributed by atoms with Crippen LogP contribution in [0.5, 0.6) is 0 Å². The maximum atomic E-state index is 12.0. The fourth-order valence-corrected chi connectivity index (χ4v) is 3.64. The molecule has 1 heterocycles. The Kier molecular flexibility index (Phi) is 9.87. The van der Waals surface area contributed by atoms with Crippen molar-refractivity contribution in [3.8, 4) is 0 Å². The van der Waals surface area contributed by atoms with Crippen molar-refractivity contribution in [2.45, 2.75) is 25.4 Å². The Bertz CT molecular complexity index is 878. The molecule has 2 aromatic carbocycles. The van der Waals surface area contributed by atoms with Crippen LogP contribution in [0.25, 0.3) is 0 Å². The van der Waals surface area contributed by atoms with Crippen LogP contribution in [0.15, 0.2) is 53.5 Å². The lowest BCUT2D eigenvalue weighted by molar-refractivity contribution is -0.116. The van der Waals surface area contributed by atoms with E-state index in [0.717, 1.165) is 23.4 Å². The highest BCUT2D eigenvalue weighted by molar-refractivity contribution is 14.0. The van der Waals surface area contributed by atoms with Crippen LogP contribution in [0.4, 0.5) is 5.69 Å². The third-order valence-corrected chi connectivity index (χ3v) is 5.12. The number of hydrogen-bond donors (Lipinski definition) is 3. The number of methoxy groups -OCH3 is 1. The van der Waals surface area contributed by atoms with E-state index in [-0.39, 0.29) is 41.9 Å². The summed E-state index contributed by atoms with van der Waals surface area (Å²) in [7, 11) is 1.67. The van der Waals surface area contributed by atoms with Gasteiger partial charge in [-0.25, -0.2) is 0 Å². The maximum absolute atomic E-state index is 12.0. The number of para-hydroxylation sites is 1. The number of anilines is 1. The molecular weight excluding hydrogens is 515 g/mol. The van der Waals surface area contributed by atoms with Gasteiger partial charge in [-0.05, 0) is 36.2 Å². The normalized spacial score (nSPS) is 16.7. The predicted molar refractivity (Wildman–Crippen MR) is 133 cm³/mol. The Labute approximate surface area is 199 Å². The Hall–Kier alpha value is -1.84. The molecule has 0 saturated heterocycles. The molecule has 2 unspecified atom stereocenters. The summed E-state index contributed by atoms with van der Waals surface area (Å²) in [4.78, 5) is 16.7. The van der Waals surface area contributed by atoms with Gasteiger partial charge in [-0.1, -0.05) is 41.9 Å². The molecule has 2 atom stereocenters. The standard InChI is InChI=1S/C22H27ClN4O2.HI/c1-3-24-22(26-14-20(29-2)15-7-6-8-17(23)11-15)25-13-16-12-21(28)27-19-10-5-4-9-18(16)19;/h4-11,16,20H,3,12-14H2,1-2H3,(H,27,28)(H2,24,25,26);1H. The lowest BCUT2D eigenvalue weighted by Crippen LogP contribution is -2.41. The lowest BCUT2D eigenvalue weighted by atomic mass is 9.90. The number of rotatable bonds is 7. The van der Waals surface area contributed by atoms with E-state index in [4.69, 9.17) is 16.3 Å². The van der Waals surface area contributed by atoms with E-state index in [1.807, 2.05) is 49.4 Å². The molecule has 3 rings (SSSR count). The number of nitrogens with zero attached hydrogens (tertiary/aromatic N) is 1. The van der Waals surface area contributed by atoms with Gasteiger partial charge >= 0.3 is 0 Å². The van der Waals surface area contributed by atoms with Gasteiger partial charge in [-0.2, -0.15) is 0 Å². The number of halogens is 2. The highest BCUT2D eigenvalue weighted by Crippen LogP contribution is 2.31. The topological polar surface area (TPSA) is 74.8 Å². The molecule has 1 aliphatic heterocycles. The minimum absolute atomic E-state index is 0. The van der Waals surface area contributed by atoms with E-state index in [1.54, 1.807) is 7.11 Å². The summed E-state index contributed by atoms with van der Waals surface area (Å²) in [6.07, 6.45) is 0.262. The summed E-state index contributed by atoms with van der Waals surface area (Å²) in [5.41, 5.74) is 3.01. The Morgan fingerprint density at radius 3 is 2.80 bits per heavy atom. The first kappa shape index (κ1) is 24.4. The van der Waals surface area contributed by atoms with Crippen molar-refractivity contribution in [3.63, 3.8) is 0 Å². The summed E-state index contributed by atoms with van der Waals surface area (Å²) in [6, 6.07) is 15.5. The molecule has 0 radical (unpaired) electrons. The fourth-order valence-electron chi connectivity index (χ4n) is 3.44. The molecule has 0 aliphatic carbocycles. The largest absolute Gasteiger partial charge is 0.375 e. The van der Waals surface area contributed by atoms with Gasteiger partial charge in [0.05, 0.1) is 6.54 Å². The van der Waals surface area contributed by atoms with Gasteiger partial charge in [0.1, 0.15) is 6.10 Å². The van der Waals surface area contributed by atoms with E-state index in [0.29, 0.717) is 30.5 Å². The van der Waals surface area contributed by atoms with Crippen molar-refractivity contribution < 1.29 is 9.53 Å². The van der Waals surface area contributed by atoms with Gasteiger partial charge in [0.15, 0.2) is 5.96 Å². The van der Waals surface area contributed by atoms with Gasteiger partial charge in [-0.15, -0.1) is 24.0 Å². The first-order valence-electron chi connectivity index (χ1n) is 9.80. The molecule has 30 heavy (non-hydrogen) atoms. The first-order chi connectivity index (χ1) is 14.1. The zero-order chi connectivity index (χ0) is 20.6. The molecule has 0 spiro atoms. The van der Waals surface area contributed by atoms with E-state index in [9.17, 15) is 4.79 Å². The van der Waals surface area contributed by atoms with Gasteiger partial charge in [-0.3, -0.25) is 9.79 Å². The number of benzene rings is 2. The van der Waals surface area contributed by atoms with Crippen LogP contribution < -0.4 is 16.0 Å². The second-order valence-corrected chi connectivity index (χ2v) is 7.35. The van der Waals surface area contributed by atoms with Crippen LogP contribution in [0.3, 0.4) is 0 Å². The van der Waals surface area contributed by atoms with E-state index in [1.165, 1.54) is 0 Å². The van der Waals surface area contributed by atoms with Crippen molar-refractivity contribution in [1.29, 1.82) is 0 Å². The van der Waals surface area contributed by atoms with Crippen LogP contribution in [-0.2, 0) is 9.53 Å². The zero-order valence-corrected chi connectivity index (χ0v) is 20.2. The number of nitrogens with one attached hydrogen (secondary N) is 3. The number of carbonyl (C=O) groups is 1. The van der Waals surface area contributed by atoms with Crippen LogP contribution in [0.2, 0.25) is 5.02 Å². The minimum atomic E-state index is -0.189. The molecular formula is C22H28ClIN4O2. The SMILES string of the molecule is CCNC(=NCC(OC)c1cccc(Cl)c1)NCC1CC(=O)Nc2ccccc21.I. The zero-order valence-electron chi connectivity index (χ0n) is 17.2. The molecule has 0 bridgehead atoms. The number of amides is 1. The second-order valence-electron chi connectivity index (χ2n) is 6.92. The molecule has 2 aromatic rings. The highest BCUT2D eigenvalue weighted by Gasteiger charge is 2.24. The van der Waals surface area contributed by atoms with E-state index < -0.39 is 0 Å². The van der Waals surface area contributed by atoms with Gasteiger partial charge < -0.3 is 20.7 Å². The number of guanidine groups is 1.